The second kappa shape index (κ2) is 6.81. The van der Waals surface area contributed by atoms with Gasteiger partial charge in [-0.15, -0.1) is 0 Å². The fourth-order valence-corrected chi connectivity index (χ4v) is 1.89. The number of fused-ring (bicyclic) bond motifs is 1. The van der Waals surface area contributed by atoms with Crippen molar-refractivity contribution in [1.29, 1.82) is 0 Å². The number of carbonyl (C=O) groups is 1. The molecule has 0 amide bonds. The van der Waals surface area contributed by atoms with Gasteiger partial charge in [0, 0.05) is 25.6 Å². The number of hydrogen-bond acceptors (Lipinski definition) is 5. The van der Waals surface area contributed by atoms with Crippen molar-refractivity contribution in [1.82, 2.24) is 9.97 Å². The molecule has 0 atom stereocenters. The van der Waals surface area contributed by atoms with Crippen molar-refractivity contribution >= 4 is 22.7 Å². The number of aromatic carboxylic acids is 1. The van der Waals surface area contributed by atoms with E-state index in [1.54, 1.807) is 13.2 Å². The first-order valence-electron chi connectivity index (χ1n) is 6.45. The highest BCUT2D eigenvalue weighted by Gasteiger charge is 2.12. The molecule has 106 valence electrons. The van der Waals surface area contributed by atoms with Gasteiger partial charge in [0.25, 0.3) is 0 Å². The maximum atomic E-state index is 11.0. The molecule has 6 heteroatoms. The molecule has 0 unspecified atom stereocenters. The number of methoxy groups -OCH3 is 1. The van der Waals surface area contributed by atoms with Crippen molar-refractivity contribution in [2.24, 2.45) is 0 Å². The van der Waals surface area contributed by atoms with Crippen molar-refractivity contribution in [2.75, 3.05) is 25.6 Å². The first-order valence-corrected chi connectivity index (χ1v) is 6.45. The van der Waals surface area contributed by atoms with Crippen LogP contribution in [0.2, 0.25) is 0 Å². The summed E-state index contributed by atoms with van der Waals surface area (Å²) in [6, 6.07) is 7.35. The van der Waals surface area contributed by atoms with E-state index in [9.17, 15) is 4.79 Å². The summed E-state index contributed by atoms with van der Waals surface area (Å²) in [6.07, 6.45) is 1.87. The third-order valence-corrected chi connectivity index (χ3v) is 2.86. The number of para-hydroxylation sites is 1. The third kappa shape index (κ3) is 3.42. The minimum atomic E-state index is -1.13. The number of benzene rings is 1. The summed E-state index contributed by atoms with van der Waals surface area (Å²) in [6.45, 7) is 1.43. The predicted octanol–water partition coefficient (Wildman–Crippen LogP) is 2.17. The molecule has 0 saturated carbocycles. The highest BCUT2D eigenvalue weighted by molar-refractivity contribution is 5.93. The molecule has 0 aliphatic rings. The number of unbranched alkanes of at least 4 members (excludes halogenated alkanes) is 1. The molecule has 2 aromatic rings. The van der Waals surface area contributed by atoms with Crippen molar-refractivity contribution in [3.8, 4) is 0 Å². The molecule has 2 rings (SSSR count). The maximum absolute atomic E-state index is 11.0. The van der Waals surface area contributed by atoms with Gasteiger partial charge in [-0.05, 0) is 25.0 Å². The molecule has 1 heterocycles. The highest BCUT2D eigenvalue weighted by Crippen LogP contribution is 2.20. The fourth-order valence-electron chi connectivity index (χ4n) is 1.89. The summed E-state index contributed by atoms with van der Waals surface area (Å²) < 4.78 is 4.98. The summed E-state index contributed by atoms with van der Waals surface area (Å²) >= 11 is 0. The second-order valence-corrected chi connectivity index (χ2v) is 4.34. The van der Waals surface area contributed by atoms with Crippen molar-refractivity contribution < 1.29 is 14.6 Å². The van der Waals surface area contributed by atoms with Crippen molar-refractivity contribution in [3.63, 3.8) is 0 Å². The van der Waals surface area contributed by atoms with Gasteiger partial charge in [-0.3, -0.25) is 0 Å². The van der Waals surface area contributed by atoms with Gasteiger partial charge in [0.1, 0.15) is 5.82 Å². The van der Waals surface area contributed by atoms with Crippen LogP contribution in [0.5, 0.6) is 0 Å². The van der Waals surface area contributed by atoms with E-state index in [4.69, 9.17) is 9.84 Å². The van der Waals surface area contributed by atoms with Crippen LogP contribution in [0.1, 0.15) is 23.5 Å². The molecule has 1 aromatic heterocycles. The number of hydrogen-bond donors (Lipinski definition) is 2. The second-order valence-electron chi connectivity index (χ2n) is 4.34. The SMILES string of the molecule is COCCCCNc1nc(C(=O)O)nc2ccccc12. The van der Waals surface area contributed by atoms with Gasteiger partial charge in [0.2, 0.25) is 5.82 Å². The third-order valence-electron chi connectivity index (χ3n) is 2.86. The number of aromatic nitrogens is 2. The zero-order chi connectivity index (χ0) is 14.4. The average molecular weight is 275 g/mol. The van der Waals surface area contributed by atoms with E-state index < -0.39 is 5.97 Å². The summed E-state index contributed by atoms with van der Waals surface area (Å²) in [7, 11) is 1.67. The minimum Gasteiger partial charge on any atom is -0.475 e. The van der Waals surface area contributed by atoms with Crippen LogP contribution < -0.4 is 5.32 Å². The monoisotopic (exact) mass is 275 g/mol. The Bertz CT molecular complexity index is 601. The van der Waals surface area contributed by atoms with Crippen LogP contribution in [0.15, 0.2) is 24.3 Å². The zero-order valence-corrected chi connectivity index (χ0v) is 11.3. The van der Waals surface area contributed by atoms with E-state index in [0.717, 1.165) is 18.2 Å². The standard InChI is InChI=1S/C14H17N3O3/c1-20-9-5-4-8-15-12-10-6-2-3-7-11(10)16-13(17-12)14(18)19/h2-3,6-7H,4-5,8-9H2,1H3,(H,18,19)(H,15,16,17). The molecule has 0 radical (unpaired) electrons. The first-order chi connectivity index (χ1) is 9.72. The van der Waals surface area contributed by atoms with Crippen molar-refractivity contribution in [2.45, 2.75) is 12.8 Å². The smallest absolute Gasteiger partial charge is 0.374 e. The van der Waals surface area contributed by atoms with Crippen LogP contribution in [0.25, 0.3) is 10.9 Å². The van der Waals surface area contributed by atoms with Crippen LogP contribution in [0, 0.1) is 0 Å². The quantitative estimate of drug-likeness (QED) is 0.753. The number of ether oxygens (including phenoxy) is 1. The van der Waals surface area contributed by atoms with E-state index in [-0.39, 0.29) is 5.82 Å². The van der Waals surface area contributed by atoms with Crippen LogP contribution in [-0.2, 0) is 4.74 Å². The van der Waals surface area contributed by atoms with Crippen LogP contribution in [0.4, 0.5) is 5.82 Å². The Hall–Kier alpha value is -2.21. The van der Waals surface area contributed by atoms with Gasteiger partial charge in [0.05, 0.1) is 5.52 Å². The van der Waals surface area contributed by atoms with Gasteiger partial charge < -0.3 is 15.2 Å². The Kier molecular flexibility index (Phi) is 4.84. The fraction of sp³-hybridized carbons (Fsp3) is 0.357. The number of rotatable bonds is 7. The predicted molar refractivity (Wildman–Crippen MR) is 76.1 cm³/mol. The Morgan fingerprint density at radius 2 is 2.10 bits per heavy atom. The molecule has 0 spiro atoms. The number of carboxylic acid groups (broad SMARTS) is 1. The summed E-state index contributed by atoms with van der Waals surface area (Å²) in [5.41, 5.74) is 0.624. The summed E-state index contributed by atoms with van der Waals surface area (Å²) in [5, 5.41) is 13.0. The molecule has 20 heavy (non-hydrogen) atoms. The van der Waals surface area contributed by atoms with Gasteiger partial charge in [-0.25, -0.2) is 14.8 Å². The Balaban J connectivity index is 2.19. The molecule has 0 fully saturated rings. The lowest BCUT2D eigenvalue weighted by atomic mass is 10.2. The zero-order valence-electron chi connectivity index (χ0n) is 11.3. The molecule has 1 aromatic carbocycles. The Morgan fingerprint density at radius 1 is 1.30 bits per heavy atom. The topological polar surface area (TPSA) is 84.3 Å². The average Bonchev–Trinajstić information content (AvgIpc) is 2.46. The number of nitrogens with one attached hydrogen (secondary N) is 1. The highest BCUT2D eigenvalue weighted by atomic mass is 16.5. The molecular formula is C14H17N3O3. The number of nitrogens with zero attached hydrogens (tertiary/aromatic N) is 2. The molecule has 2 N–H and O–H groups in total. The van der Waals surface area contributed by atoms with Crippen LogP contribution >= 0.6 is 0 Å². The van der Waals surface area contributed by atoms with Crippen molar-refractivity contribution in [3.05, 3.63) is 30.1 Å². The summed E-state index contributed by atoms with van der Waals surface area (Å²) in [5.74, 6) is -0.758. The van der Waals surface area contributed by atoms with Crippen LogP contribution in [-0.4, -0.2) is 41.3 Å². The lowest BCUT2D eigenvalue weighted by molar-refractivity contribution is 0.0684. The normalized spacial score (nSPS) is 10.7. The lowest BCUT2D eigenvalue weighted by Crippen LogP contribution is -2.10. The molecule has 0 bridgehead atoms. The lowest BCUT2D eigenvalue weighted by Gasteiger charge is -2.09. The number of anilines is 1. The van der Waals surface area contributed by atoms with E-state index >= 15 is 0 Å². The van der Waals surface area contributed by atoms with E-state index in [1.165, 1.54) is 0 Å². The van der Waals surface area contributed by atoms with Gasteiger partial charge in [-0.1, -0.05) is 12.1 Å². The molecule has 0 aliphatic carbocycles. The van der Waals surface area contributed by atoms with Gasteiger partial charge >= 0.3 is 5.97 Å². The molecular weight excluding hydrogens is 258 g/mol. The van der Waals surface area contributed by atoms with E-state index in [1.807, 2.05) is 18.2 Å². The van der Waals surface area contributed by atoms with E-state index in [2.05, 4.69) is 15.3 Å². The largest absolute Gasteiger partial charge is 0.475 e. The Morgan fingerprint density at radius 3 is 2.85 bits per heavy atom. The molecule has 0 aliphatic heterocycles. The molecule has 0 saturated heterocycles. The maximum Gasteiger partial charge on any atom is 0.374 e. The van der Waals surface area contributed by atoms with Crippen LogP contribution in [0.3, 0.4) is 0 Å². The first kappa shape index (κ1) is 14.2. The minimum absolute atomic E-state index is 0.192. The van der Waals surface area contributed by atoms with Gasteiger partial charge in [0.15, 0.2) is 0 Å². The van der Waals surface area contributed by atoms with E-state index in [0.29, 0.717) is 24.5 Å². The molecule has 6 nitrogen and oxygen atoms in total. The Labute approximate surface area is 116 Å². The van der Waals surface area contributed by atoms with Gasteiger partial charge in [-0.2, -0.15) is 0 Å². The summed E-state index contributed by atoms with van der Waals surface area (Å²) in [4.78, 5) is 19.1. The number of carboxylic acids is 1.